The van der Waals surface area contributed by atoms with Gasteiger partial charge >= 0.3 is 0 Å². The molecule has 2 rings (SSSR count). The summed E-state index contributed by atoms with van der Waals surface area (Å²) in [6.07, 6.45) is 4.47. The zero-order chi connectivity index (χ0) is 11.6. The van der Waals surface area contributed by atoms with Crippen molar-refractivity contribution in [2.45, 2.75) is 38.6 Å². The van der Waals surface area contributed by atoms with E-state index < -0.39 is 0 Å². The number of hydrogen-bond donors (Lipinski definition) is 2. The van der Waals surface area contributed by atoms with Crippen molar-refractivity contribution in [3.8, 4) is 0 Å². The Morgan fingerprint density at radius 3 is 2.62 bits per heavy atom. The monoisotopic (exact) mass is 225 g/mol. The van der Waals surface area contributed by atoms with Crippen molar-refractivity contribution in [2.24, 2.45) is 11.1 Å². The van der Waals surface area contributed by atoms with Gasteiger partial charge in [-0.25, -0.2) is 0 Å². The van der Waals surface area contributed by atoms with E-state index in [4.69, 9.17) is 15.9 Å². The third-order valence-electron chi connectivity index (χ3n) is 4.20. The molecule has 2 heterocycles. The molecule has 0 amide bonds. The molecule has 4 nitrogen and oxygen atoms in total. The van der Waals surface area contributed by atoms with E-state index in [2.05, 4.69) is 11.8 Å². The van der Waals surface area contributed by atoms with Crippen molar-refractivity contribution in [2.75, 3.05) is 26.3 Å². The topological polar surface area (TPSA) is 62.3 Å². The maximum Gasteiger partial charge on any atom is 0.0966 e. The first-order valence-electron chi connectivity index (χ1n) is 6.28. The minimum atomic E-state index is -0.0635. The van der Waals surface area contributed by atoms with Gasteiger partial charge in [-0.2, -0.15) is 0 Å². The lowest BCUT2D eigenvalue weighted by Crippen LogP contribution is -2.50. The van der Waals surface area contributed by atoms with Crippen molar-refractivity contribution >= 4 is 5.84 Å². The lowest BCUT2D eigenvalue weighted by molar-refractivity contribution is 0.00138. The predicted octanol–water partition coefficient (Wildman–Crippen LogP) is 1.20. The Labute approximate surface area is 97.6 Å². The minimum Gasteiger partial charge on any atom is -0.387 e. The SMILES string of the molecule is CC1(C(=N)N)CCN(C2CCCOC2)CC1. The Morgan fingerprint density at radius 2 is 2.12 bits per heavy atom. The zero-order valence-electron chi connectivity index (χ0n) is 10.2. The number of hydrogen-bond acceptors (Lipinski definition) is 3. The van der Waals surface area contributed by atoms with Crippen molar-refractivity contribution in [3.63, 3.8) is 0 Å². The van der Waals surface area contributed by atoms with Crippen molar-refractivity contribution < 1.29 is 4.74 Å². The van der Waals surface area contributed by atoms with Crippen LogP contribution in [0.4, 0.5) is 0 Å². The lowest BCUT2D eigenvalue weighted by atomic mass is 9.79. The molecule has 0 aromatic rings. The van der Waals surface area contributed by atoms with Crippen LogP contribution in [0.1, 0.15) is 32.6 Å². The molecule has 1 unspecified atom stereocenters. The van der Waals surface area contributed by atoms with Gasteiger partial charge in [-0.15, -0.1) is 0 Å². The van der Waals surface area contributed by atoms with Crippen LogP contribution in [0.15, 0.2) is 0 Å². The van der Waals surface area contributed by atoms with E-state index in [1.165, 1.54) is 12.8 Å². The second-order valence-corrected chi connectivity index (χ2v) is 5.38. The molecule has 0 bridgehead atoms. The molecule has 2 fully saturated rings. The Kier molecular flexibility index (Phi) is 3.50. The molecule has 2 aliphatic rings. The molecule has 0 aromatic heterocycles. The van der Waals surface area contributed by atoms with Gasteiger partial charge in [0.1, 0.15) is 0 Å². The van der Waals surface area contributed by atoms with E-state index in [-0.39, 0.29) is 5.41 Å². The van der Waals surface area contributed by atoms with Gasteiger partial charge in [0.05, 0.1) is 12.4 Å². The predicted molar refractivity (Wildman–Crippen MR) is 64.7 cm³/mol. The quantitative estimate of drug-likeness (QED) is 0.548. The van der Waals surface area contributed by atoms with E-state index in [1.54, 1.807) is 0 Å². The van der Waals surface area contributed by atoms with Crippen molar-refractivity contribution in [3.05, 3.63) is 0 Å². The number of nitrogens with two attached hydrogens (primary N) is 1. The van der Waals surface area contributed by atoms with Crippen LogP contribution in [0.25, 0.3) is 0 Å². The second kappa shape index (κ2) is 4.72. The summed E-state index contributed by atoms with van der Waals surface area (Å²) in [6, 6.07) is 0.602. The van der Waals surface area contributed by atoms with Crippen LogP contribution < -0.4 is 5.73 Å². The second-order valence-electron chi connectivity index (χ2n) is 5.38. The number of nitrogens with zero attached hydrogens (tertiary/aromatic N) is 1. The fourth-order valence-electron chi connectivity index (χ4n) is 2.66. The fraction of sp³-hybridized carbons (Fsp3) is 0.917. The zero-order valence-corrected chi connectivity index (χ0v) is 10.2. The molecule has 2 saturated heterocycles. The number of piperidine rings is 1. The van der Waals surface area contributed by atoms with Crippen LogP contribution >= 0.6 is 0 Å². The molecule has 0 aromatic carbocycles. The van der Waals surface area contributed by atoms with Gasteiger partial charge in [0.25, 0.3) is 0 Å². The highest BCUT2D eigenvalue weighted by Gasteiger charge is 2.35. The summed E-state index contributed by atoms with van der Waals surface area (Å²) in [6.45, 7) is 6.05. The van der Waals surface area contributed by atoms with Gasteiger partial charge in [-0.05, 0) is 38.8 Å². The van der Waals surface area contributed by atoms with Crippen LogP contribution in [0.2, 0.25) is 0 Å². The van der Waals surface area contributed by atoms with Gasteiger partial charge in [0.15, 0.2) is 0 Å². The van der Waals surface area contributed by atoms with Crippen molar-refractivity contribution in [1.82, 2.24) is 4.90 Å². The molecule has 0 radical (unpaired) electrons. The van der Waals surface area contributed by atoms with Crippen LogP contribution in [0.5, 0.6) is 0 Å². The van der Waals surface area contributed by atoms with E-state index in [1.807, 2.05) is 0 Å². The van der Waals surface area contributed by atoms with Gasteiger partial charge in [-0.3, -0.25) is 10.3 Å². The number of nitrogens with one attached hydrogen (secondary N) is 1. The first-order valence-corrected chi connectivity index (χ1v) is 6.28. The Bertz CT molecular complexity index is 253. The van der Waals surface area contributed by atoms with E-state index >= 15 is 0 Å². The van der Waals surface area contributed by atoms with Gasteiger partial charge in [0, 0.05) is 18.1 Å². The average Bonchev–Trinajstić information content (AvgIpc) is 2.31. The Balaban J connectivity index is 1.87. The molecule has 3 N–H and O–H groups in total. The molecule has 0 saturated carbocycles. The summed E-state index contributed by atoms with van der Waals surface area (Å²) < 4.78 is 5.53. The lowest BCUT2D eigenvalue weighted by Gasteiger charge is -2.43. The third kappa shape index (κ3) is 2.38. The summed E-state index contributed by atoms with van der Waals surface area (Å²) in [5.41, 5.74) is 5.60. The largest absolute Gasteiger partial charge is 0.387 e. The summed E-state index contributed by atoms with van der Waals surface area (Å²) in [5, 5.41) is 7.63. The maximum absolute atomic E-state index is 7.63. The summed E-state index contributed by atoms with van der Waals surface area (Å²) in [5.74, 6) is 0.354. The number of ether oxygens (including phenoxy) is 1. The minimum absolute atomic E-state index is 0.0635. The van der Waals surface area contributed by atoms with Gasteiger partial charge in [0.2, 0.25) is 0 Å². The average molecular weight is 225 g/mol. The van der Waals surface area contributed by atoms with Crippen LogP contribution in [0, 0.1) is 10.8 Å². The molecule has 4 heteroatoms. The standard InChI is InChI=1S/C12H23N3O/c1-12(11(13)14)4-6-15(7-5-12)10-3-2-8-16-9-10/h10H,2-9H2,1H3,(H3,13,14). The smallest absolute Gasteiger partial charge is 0.0966 e. The molecule has 0 spiro atoms. The normalized spacial score (nSPS) is 31.2. The number of rotatable bonds is 2. The highest BCUT2D eigenvalue weighted by atomic mass is 16.5. The fourth-order valence-corrected chi connectivity index (χ4v) is 2.66. The molecular formula is C12H23N3O. The van der Waals surface area contributed by atoms with E-state index in [0.717, 1.165) is 39.1 Å². The van der Waals surface area contributed by atoms with Crippen molar-refractivity contribution in [1.29, 1.82) is 5.41 Å². The van der Waals surface area contributed by atoms with E-state index in [9.17, 15) is 0 Å². The van der Waals surface area contributed by atoms with Crippen LogP contribution in [-0.4, -0.2) is 43.1 Å². The number of amidine groups is 1. The molecule has 1 atom stereocenters. The molecule has 16 heavy (non-hydrogen) atoms. The molecular weight excluding hydrogens is 202 g/mol. The number of likely N-dealkylation sites (tertiary alicyclic amines) is 1. The highest BCUT2D eigenvalue weighted by Crippen LogP contribution is 2.32. The maximum atomic E-state index is 7.63. The molecule has 2 aliphatic heterocycles. The van der Waals surface area contributed by atoms with Gasteiger partial charge in [-0.1, -0.05) is 6.92 Å². The third-order valence-corrected chi connectivity index (χ3v) is 4.20. The first-order chi connectivity index (χ1) is 7.62. The molecule has 92 valence electrons. The van der Waals surface area contributed by atoms with E-state index in [0.29, 0.717) is 11.9 Å². The Hall–Kier alpha value is -0.610. The van der Waals surface area contributed by atoms with Gasteiger partial charge < -0.3 is 10.5 Å². The summed E-state index contributed by atoms with van der Waals surface area (Å²) in [7, 11) is 0. The summed E-state index contributed by atoms with van der Waals surface area (Å²) in [4.78, 5) is 2.52. The molecule has 0 aliphatic carbocycles. The Morgan fingerprint density at radius 1 is 1.44 bits per heavy atom. The summed E-state index contributed by atoms with van der Waals surface area (Å²) >= 11 is 0. The van der Waals surface area contributed by atoms with Crippen LogP contribution in [-0.2, 0) is 4.74 Å². The highest BCUT2D eigenvalue weighted by molar-refractivity contribution is 5.83. The first kappa shape index (κ1) is 11.9. The van der Waals surface area contributed by atoms with Crippen LogP contribution in [0.3, 0.4) is 0 Å².